The van der Waals surface area contributed by atoms with Crippen molar-refractivity contribution in [2.75, 3.05) is 0 Å². The van der Waals surface area contributed by atoms with Gasteiger partial charge >= 0.3 is 0 Å². The molecular formula is C14H7BrN2O. The van der Waals surface area contributed by atoms with Crippen LogP contribution in [0.4, 0.5) is 0 Å². The third kappa shape index (κ3) is 1.52. The molecule has 3 nitrogen and oxygen atoms in total. The van der Waals surface area contributed by atoms with Crippen molar-refractivity contribution in [2.24, 2.45) is 0 Å². The van der Waals surface area contributed by atoms with Crippen molar-refractivity contribution in [2.45, 2.75) is 0 Å². The van der Waals surface area contributed by atoms with Crippen molar-refractivity contribution >= 4 is 37.5 Å². The molecule has 0 saturated carbocycles. The fourth-order valence-electron chi connectivity index (χ4n) is 2.17. The maximum atomic E-state index is 11.9. The first-order valence-corrected chi connectivity index (χ1v) is 6.14. The summed E-state index contributed by atoms with van der Waals surface area (Å²) in [6, 6.07) is 11.3. The number of nitrogens with one attached hydrogen (secondary N) is 1. The first-order chi connectivity index (χ1) is 8.70. The normalized spacial score (nSPS) is 10.7. The molecule has 0 unspecified atom stereocenters. The number of H-pyrrole nitrogens is 1. The standard InChI is InChI=1S/C14H7BrN2O/c15-10-1-2-11-12(6-10)9(7-16)5-8-3-4-17-14(18)13(8)11/h1-6H,(H,17,18). The van der Waals surface area contributed by atoms with E-state index >= 15 is 0 Å². The Morgan fingerprint density at radius 2 is 2.00 bits per heavy atom. The Morgan fingerprint density at radius 1 is 1.17 bits per heavy atom. The minimum absolute atomic E-state index is 0.135. The van der Waals surface area contributed by atoms with Gasteiger partial charge in [0.25, 0.3) is 5.56 Å². The van der Waals surface area contributed by atoms with E-state index < -0.39 is 0 Å². The zero-order chi connectivity index (χ0) is 12.7. The molecule has 0 aliphatic rings. The molecule has 1 N–H and O–H groups in total. The zero-order valence-electron chi connectivity index (χ0n) is 9.20. The van der Waals surface area contributed by atoms with E-state index in [1.807, 2.05) is 18.2 Å². The topological polar surface area (TPSA) is 56.6 Å². The van der Waals surface area contributed by atoms with Crippen LogP contribution in [0.3, 0.4) is 0 Å². The lowest BCUT2D eigenvalue weighted by Gasteiger charge is -2.05. The molecular weight excluding hydrogens is 292 g/mol. The van der Waals surface area contributed by atoms with Crippen LogP contribution in [0.25, 0.3) is 21.5 Å². The van der Waals surface area contributed by atoms with Crippen LogP contribution in [-0.4, -0.2) is 4.98 Å². The van der Waals surface area contributed by atoms with E-state index in [0.29, 0.717) is 10.9 Å². The molecule has 0 fully saturated rings. The lowest BCUT2D eigenvalue weighted by molar-refractivity contribution is 1.28. The van der Waals surface area contributed by atoms with Crippen LogP contribution in [0, 0.1) is 11.3 Å². The Kier molecular flexibility index (Phi) is 2.42. The van der Waals surface area contributed by atoms with Gasteiger partial charge in [0.2, 0.25) is 0 Å². The van der Waals surface area contributed by atoms with E-state index in [4.69, 9.17) is 0 Å². The molecule has 0 spiro atoms. The van der Waals surface area contributed by atoms with Gasteiger partial charge in [-0.05, 0) is 35.0 Å². The van der Waals surface area contributed by atoms with Crippen LogP contribution < -0.4 is 5.56 Å². The van der Waals surface area contributed by atoms with E-state index in [1.165, 1.54) is 0 Å². The number of hydrogen-bond acceptors (Lipinski definition) is 2. The van der Waals surface area contributed by atoms with Crippen molar-refractivity contribution in [3.05, 3.63) is 56.9 Å². The van der Waals surface area contributed by atoms with Crippen LogP contribution in [0.5, 0.6) is 0 Å². The molecule has 0 saturated heterocycles. The first kappa shape index (κ1) is 11.0. The first-order valence-electron chi connectivity index (χ1n) is 5.34. The van der Waals surface area contributed by atoms with Gasteiger partial charge in [-0.1, -0.05) is 22.0 Å². The Balaban J connectivity index is 2.69. The van der Waals surface area contributed by atoms with Crippen LogP contribution in [0.2, 0.25) is 0 Å². The lowest BCUT2D eigenvalue weighted by atomic mass is 9.99. The lowest BCUT2D eigenvalue weighted by Crippen LogP contribution is -2.05. The smallest absolute Gasteiger partial charge is 0.256 e. The maximum absolute atomic E-state index is 11.9. The van der Waals surface area contributed by atoms with E-state index in [0.717, 1.165) is 20.6 Å². The third-order valence-corrected chi connectivity index (χ3v) is 3.45. The second kappa shape index (κ2) is 3.97. The van der Waals surface area contributed by atoms with Crippen molar-refractivity contribution in [1.29, 1.82) is 5.26 Å². The number of rotatable bonds is 0. The summed E-state index contributed by atoms with van der Waals surface area (Å²) < 4.78 is 0.887. The molecule has 1 heterocycles. The molecule has 0 atom stereocenters. The Hall–Kier alpha value is -2.12. The summed E-state index contributed by atoms with van der Waals surface area (Å²) in [7, 11) is 0. The van der Waals surface area contributed by atoms with Gasteiger partial charge < -0.3 is 4.98 Å². The summed E-state index contributed by atoms with van der Waals surface area (Å²) in [4.78, 5) is 14.6. The molecule has 0 amide bonds. The quantitative estimate of drug-likeness (QED) is 0.647. The summed E-state index contributed by atoms with van der Waals surface area (Å²) in [5.41, 5.74) is 0.439. The van der Waals surface area contributed by atoms with E-state index in [1.54, 1.807) is 18.3 Å². The molecule has 2 aromatic carbocycles. The molecule has 3 rings (SSSR count). The van der Waals surface area contributed by atoms with Crippen molar-refractivity contribution in [3.63, 3.8) is 0 Å². The van der Waals surface area contributed by atoms with E-state index in [9.17, 15) is 10.1 Å². The van der Waals surface area contributed by atoms with Crippen LogP contribution in [0.15, 0.2) is 45.8 Å². The van der Waals surface area contributed by atoms with Gasteiger partial charge in [-0.3, -0.25) is 4.79 Å². The number of nitrogens with zero attached hydrogens (tertiary/aromatic N) is 1. The molecule has 0 aliphatic carbocycles. The van der Waals surface area contributed by atoms with Crippen LogP contribution in [-0.2, 0) is 0 Å². The molecule has 4 heteroatoms. The van der Waals surface area contributed by atoms with Gasteiger partial charge in [0.05, 0.1) is 17.0 Å². The monoisotopic (exact) mass is 298 g/mol. The predicted molar refractivity (Wildman–Crippen MR) is 74.5 cm³/mol. The minimum atomic E-state index is -0.135. The highest BCUT2D eigenvalue weighted by molar-refractivity contribution is 9.10. The molecule has 1 aromatic heterocycles. The fourth-order valence-corrected chi connectivity index (χ4v) is 2.54. The minimum Gasteiger partial charge on any atom is -0.329 e. The van der Waals surface area contributed by atoms with Gasteiger partial charge in [0, 0.05) is 16.1 Å². The molecule has 3 aromatic rings. The Bertz CT molecular complexity index is 874. The van der Waals surface area contributed by atoms with Gasteiger partial charge in [0.1, 0.15) is 0 Å². The second-order valence-corrected chi connectivity index (χ2v) is 4.91. The number of hydrogen-bond donors (Lipinski definition) is 1. The van der Waals surface area contributed by atoms with Crippen molar-refractivity contribution in [3.8, 4) is 6.07 Å². The molecule has 18 heavy (non-hydrogen) atoms. The Morgan fingerprint density at radius 3 is 2.78 bits per heavy atom. The highest BCUT2D eigenvalue weighted by Gasteiger charge is 2.09. The average molecular weight is 299 g/mol. The maximum Gasteiger partial charge on any atom is 0.256 e. The fraction of sp³-hybridized carbons (Fsp3) is 0. The number of fused-ring (bicyclic) bond motifs is 3. The number of halogens is 1. The van der Waals surface area contributed by atoms with Crippen molar-refractivity contribution < 1.29 is 0 Å². The highest BCUT2D eigenvalue weighted by atomic mass is 79.9. The summed E-state index contributed by atoms with van der Waals surface area (Å²) >= 11 is 3.38. The summed E-state index contributed by atoms with van der Waals surface area (Å²) in [5, 5.41) is 12.2. The zero-order valence-corrected chi connectivity index (χ0v) is 10.8. The second-order valence-electron chi connectivity index (χ2n) is 4.00. The van der Waals surface area contributed by atoms with Gasteiger partial charge in [0.15, 0.2) is 0 Å². The predicted octanol–water partition coefficient (Wildman–Crippen LogP) is 3.32. The largest absolute Gasteiger partial charge is 0.329 e. The molecule has 0 radical (unpaired) electrons. The number of aromatic nitrogens is 1. The van der Waals surface area contributed by atoms with Gasteiger partial charge in [-0.2, -0.15) is 5.26 Å². The molecule has 0 bridgehead atoms. The summed E-state index contributed by atoms with van der Waals surface area (Å²) in [5.74, 6) is 0. The van der Waals surface area contributed by atoms with E-state index in [-0.39, 0.29) is 5.56 Å². The molecule has 0 aliphatic heterocycles. The Labute approximate surface area is 111 Å². The number of aromatic amines is 1. The van der Waals surface area contributed by atoms with Crippen LogP contribution in [0.1, 0.15) is 5.56 Å². The number of nitriles is 1. The van der Waals surface area contributed by atoms with Crippen molar-refractivity contribution in [1.82, 2.24) is 4.98 Å². The highest BCUT2D eigenvalue weighted by Crippen LogP contribution is 2.28. The summed E-state index contributed by atoms with van der Waals surface area (Å²) in [6.45, 7) is 0. The summed E-state index contributed by atoms with van der Waals surface area (Å²) in [6.07, 6.45) is 1.59. The van der Waals surface area contributed by atoms with E-state index in [2.05, 4.69) is 27.0 Å². The number of pyridine rings is 1. The van der Waals surface area contributed by atoms with Gasteiger partial charge in [-0.15, -0.1) is 0 Å². The average Bonchev–Trinajstić information content (AvgIpc) is 2.37. The SMILES string of the molecule is N#Cc1cc2cc[nH]c(=O)c2c2ccc(Br)cc12. The number of benzene rings is 2. The van der Waals surface area contributed by atoms with Gasteiger partial charge in [-0.25, -0.2) is 0 Å². The third-order valence-electron chi connectivity index (χ3n) is 2.95. The van der Waals surface area contributed by atoms with Crippen LogP contribution >= 0.6 is 15.9 Å². The molecule has 86 valence electrons.